The number of aromatic amines is 1. The number of aromatic nitrogens is 2. The predicted molar refractivity (Wildman–Crippen MR) is 63.1 cm³/mol. The summed E-state index contributed by atoms with van der Waals surface area (Å²) in [6.45, 7) is 3.36. The Morgan fingerprint density at radius 3 is 2.84 bits per heavy atom. The van der Waals surface area contributed by atoms with Crippen LogP contribution in [0.15, 0.2) is 17.8 Å². The van der Waals surface area contributed by atoms with E-state index in [2.05, 4.69) is 20.3 Å². The number of nitrogens with zero attached hydrogens (tertiary/aromatic N) is 2. The number of hydrogen-bond acceptors (Lipinski definition) is 6. The normalized spacial score (nSPS) is 10.9. The molecule has 0 aliphatic rings. The quantitative estimate of drug-likeness (QED) is 0.346. The Kier molecular flexibility index (Phi) is 4.75. The van der Waals surface area contributed by atoms with Crippen LogP contribution in [0, 0.1) is 10.1 Å². The average molecular weight is 268 g/mol. The van der Waals surface area contributed by atoms with Crippen LogP contribution in [0.25, 0.3) is 0 Å². The first-order chi connectivity index (χ1) is 8.93. The second-order valence-electron chi connectivity index (χ2n) is 3.43. The highest BCUT2D eigenvalue weighted by molar-refractivity contribution is 5.94. The van der Waals surface area contributed by atoms with Crippen molar-refractivity contribution in [3.8, 4) is 0 Å². The number of H-pyrrole nitrogens is 1. The van der Waals surface area contributed by atoms with Crippen LogP contribution in [-0.2, 0) is 9.53 Å². The molecule has 0 aliphatic carbocycles. The van der Waals surface area contributed by atoms with Crippen LogP contribution >= 0.6 is 0 Å². The first-order valence-electron chi connectivity index (χ1n) is 5.30. The highest BCUT2D eigenvalue weighted by Crippen LogP contribution is 2.08. The molecule has 0 saturated heterocycles. The number of allylic oxidation sites excluding steroid dienone is 1. The third kappa shape index (κ3) is 4.22. The topological polar surface area (TPSA) is 127 Å². The first kappa shape index (κ1) is 14.4. The lowest BCUT2D eigenvalue weighted by atomic mass is 10.3. The molecular formula is C10H12N4O5. The van der Waals surface area contributed by atoms with Gasteiger partial charge >= 0.3 is 11.8 Å². The number of nitrogens with one attached hydrogen (secondary N) is 2. The number of amides is 1. The maximum absolute atomic E-state index is 11.6. The lowest BCUT2D eigenvalue weighted by Gasteiger charge is -2.02. The zero-order valence-electron chi connectivity index (χ0n) is 10.3. The summed E-state index contributed by atoms with van der Waals surface area (Å²) in [6.07, 6.45) is 1.10. The van der Waals surface area contributed by atoms with E-state index in [1.807, 2.05) is 0 Å². The van der Waals surface area contributed by atoms with Crippen LogP contribution in [0.4, 0.5) is 5.82 Å². The monoisotopic (exact) mass is 268 g/mol. The van der Waals surface area contributed by atoms with Gasteiger partial charge in [0.1, 0.15) is 0 Å². The molecule has 1 heterocycles. The lowest BCUT2D eigenvalue weighted by Crippen LogP contribution is -2.22. The Balaban J connectivity index is 2.68. The van der Waals surface area contributed by atoms with Crippen LogP contribution in [-0.4, -0.2) is 33.6 Å². The fourth-order valence-corrected chi connectivity index (χ4v) is 1.16. The molecule has 1 amide bonds. The number of carbonyl (C=O) groups excluding carboxylic acids is 2. The predicted octanol–water partition coefficient (Wildman–Crippen LogP) is 0.515. The third-order valence-electron chi connectivity index (χ3n) is 1.93. The number of nitro groups is 1. The van der Waals surface area contributed by atoms with E-state index in [1.165, 1.54) is 6.92 Å². The van der Waals surface area contributed by atoms with Crippen LogP contribution in [0.3, 0.4) is 0 Å². The van der Waals surface area contributed by atoms with Crippen molar-refractivity contribution in [1.29, 1.82) is 0 Å². The molecule has 0 spiro atoms. The first-order valence-corrected chi connectivity index (χ1v) is 5.30. The molecule has 9 nitrogen and oxygen atoms in total. The van der Waals surface area contributed by atoms with Gasteiger partial charge < -0.3 is 20.2 Å². The van der Waals surface area contributed by atoms with Gasteiger partial charge in [-0.1, -0.05) is 5.10 Å². The zero-order chi connectivity index (χ0) is 14.4. The zero-order valence-corrected chi connectivity index (χ0v) is 10.3. The Morgan fingerprint density at radius 2 is 2.32 bits per heavy atom. The fourth-order valence-electron chi connectivity index (χ4n) is 1.16. The van der Waals surface area contributed by atoms with Gasteiger partial charge in [-0.2, -0.15) is 0 Å². The maximum Gasteiger partial charge on any atom is 0.343 e. The SMILES string of the molecule is CCOC(=O)/C=C(\C)NC(=O)c1cc([N+](=O)[O-])[nH]n1. The fraction of sp³-hybridized carbons (Fsp3) is 0.300. The number of hydrogen-bond donors (Lipinski definition) is 2. The standard InChI is InChI=1S/C10H12N4O5/c1-3-19-9(15)4-6(2)11-10(16)7-5-8(13-12-7)14(17)18/h4-5H,3H2,1-2H3,(H,11,16)(H,12,13)/b6-4+. The van der Waals surface area contributed by atoms with Crippen molar-refractivity contribution < 1.29 is 19.2 Å². The highest BCUT2D eigenvalue weighted by Gasteiger charge is 2.16. The molecule has 1 aromatic heterocycles. The minimum Gasteiger partial charge on any atom is -0.463 e. The summed E-state index contributed by atoms with van der Waals surface area (Å²) < 4.78 is 4.66. The molecule has 0 unspecified atom stereocenters. The third-order valence-corrected chi connectivity index (χ3v) is 1.93. The van der Waals surface area contributed by atoms with Crippen molar-refractivity contribution in [2.75, 3.05) is 6.61 Å². The van der Waals surface area contributed by atoms with Gasteiger partial charge in [-0.05, 0) is 18.8 Å². The lowest BCUT2D eigenvalue weighted by molar-refractivity contribution is -0.389. The molecule has 0 atom stereocenters. The van der Waals surface area contributed by atoms with E-state index < -0.39 is 22.6 Å². The van der Waals surface area contributed by atoms with Gasteiger partial charge in [-0.25, -0.2) is 4.79 Å². The maximum atomic E-state index is 11.6. The van der Waals surface area contributed by atoms with Gasteiger partial charge in [-0.15, -0.1) is 5.10 Å². The molecule has 0 radical (unpaired) electrons. The second-order valence-corrected chi connectivity index (χ2v) is 3.43. The van der Waals surface area contributed by atoms with Crippen LogP contribution in [0.5, 0.6) is 0 Å². The molecule has 0 aromatic carbocycles. The van der Waals surface area contributed by atoms with Gasteiger partial charge in [-0.3, -0.25) is 4.79 Å². The van der Waals surface area contributed by atoms with Crippen LogP contribution in [0.1, 0.15) is 24.3 Å². The van der Waals surface area contributed by atoms with E-state index >= 15 is 0 Å². The van der Waals surface area contributed by atoms with E-state index in [1.54, 1.807) is 6.92 Å². The van der Waals surface area contributed by atoms with Crippen molar-refractivity contribution in [2.24, 2.45) is 0 Å². The Hall–Kier alpha value is -2.71. The molecule has 0 bridgehead atoms. The summed E-state index contributed by atoms with van der Waals surface area (Å²) >= 11 is 0. The van der Waals surface area contributed by atoms with E-state index in [0.717, 1.165) is 12.1 Å². The van der Waals surface area contributed by atoms with E-state index in [0.29, 0.717) is 0 Å². The van der Waals surface area contributed by atoms with Crippen molar-refractivity contribution in [1.82, 2.24) is 15.5 Å². The van der Waals surface area contributed by atoms with Gasteiger partial charge in [0.2, 0.25) is 0 Å². The minimum absolute atomic E-state index is 0.150. The van der Waals surface area contributed by atoms with Crippen molar-refractivity contribution >= 4 is 17.7 Å². The molecule has 0 fully saturated rings. The summed E-state index contributed by atoms with van der Waals surface area (Å²) in [7, 11) is 0. The van der Waals surface area contributed by atoms with Gasteiger partial charge in [0.05, 0.1) is 12.7 Å². The van der Waals surface area contributed by atoms with E-state index in [-0.39, 0.29) is 18.0 Å². The summed E-state index contributed by atoms with van der Waals surface area (Å²) in [4.78, 5) is 32.4. The molecule has 0 saturated carbocycles. The van der Waals surface area contributed by atoms with Gasteiger partial charge in [0, 0.05) is 11.8 Å². The summed E-state index contributed by atoms with van der Waals surface area (Å²) in [5, 5.41) is 18.3. The van der Waals surface area contributed by atoms with Gasteiger partial charge in [0.25, 0.3) is 5.91 Å². The average Bonchev–Trinajstić information content (AvgIpc) is 2.77. The highest BCUT2D eigenvalue weighted by atomic mass is 16.6. The van der Waals surface area contributed by atoms with Crippen LogP contribution < -0.4 is 5.32 Å². The summed E-state index contributed by atoms with van der Waals surface area (Å²) in [6, 6.07) is 0.993. The molecule has 102 valence electrons. The Bertz CT molecular complexity index is 534. The summed E-state index contributed by atoms with van der Waals surface area (Å²) in [5.41, 5.74) is 0.0948. The molecule has 2 N–H and O–H groups in total. The van der Waals surface area contributed by atoms with Crippen LogP contribution in [0.2, 0.25) is 0 Å². The number of carbonyl (C=O) groups is 2. The molecule has 0 aliphatic heterocycles. The molecular weight excluding hydrogens is 256 g/mol. The molecule has 19 heavy (non-hydrogen) atoms. The van der Waals surface area contributed by atoms with Crippen molar-refractivity contribution in [3.63, 3.8) is 0 Å². The summed E-state index contributed by atoms with van der Waals surface area (Å²) in [5.74, 6) is -1.65. The Labute approximate surface area is 107 Å². The largest absolute Gasteiger partial charge is 0.463 e. The minimum atomic E-state index is -0.703. The Morgan fingerprint density at radius 1 is 1.63 bits per heavy atom. The molecule has 1 aromatic rings. The van der Waals surface area contributed by atoms with Gasteiger partial charge in [0.15, 0.2) is 5.69 Å². The van der Waals surface area contributed by atoms with Crippen molar-refractivity contribution in [3.05, 3.63) is 33.6 Å². The number of rotatable bonds is 5. The smallest absolute Gasteiger partial charge is 0.343 e. The number of esters is 1. The van der Waals surface area contributed by atoms with E-state index in [4.69, 9.17) is 0 Å². The molecule has 9 heteroatoms. The second kappa shape index (κ2) is 6.28. The van der Waals surface area contributed by atoms with E-state index in [9.17, 15) is 19.7 Å². The van der Waals surface area contributed by atoms with Crippen molar-refractivity contribution in [2.45, 2.75) is 13.8 Å². The number of ether oxygens (including phenoxy) is 1. The molecule has 1 rings (SSSR count).